The van der Waals surface area contributed by atoms with Gasteiger partial charge in [0.05, 0.1) is 11.0 Å². The molecule has 3 heterocycles. The molecular formula is C16H20N4O. The molecule has 0 radical (unpaired) electrons. The lowest BCUT2D eigenvalue weighted by Gasteiger charge is -2.31. The normalized spacial score (nSPS) is 16.1. The lowest BCUT2D eigenvalue weighted by molar-refractivity contribution is 0.182. The fourth-order valence-corrected chi connectivity index (χ4v) is 2.95. The third kappa shape index (κ3) is 2.77. The van der Waals surface area contributed by atoms with Gasteiger partial charge in [-0.2, -0.15) is 0 Å². The second kappa shape index (κ2) is 5.99. The molecule has 0 bridgehead atoms. The van der Waals surface area contributed by atoms with Crippen molar-refractivity contribution in [2.45, 2.75) is 18.8 Å². The molecule has 3 rings (SSSR count). The molecule has 5 nitrogen and oxygen atoms in total. The van der Waals surface area contributed by atoms with Crippen LogP contribution >= 0.6 is 0 Å². The van der Waals surface area contributed by atoms with E-state index in [2.05, 4.69) is 28.1 Å². The van der Waals surface area contributed by atoms with Crippen molar-refractivity contribution in [3.05, 3.63) is 42.7 Å². The third-order valence-corrected chi connectivity index (χ3v) is 4.08. The molecule has 110 valence electrons. The number of piperidine rings is 1. The largest absolute Gasteiger partial charge is 0.360 e. The van der Waals surface area contributed by atoms with Gasteiger partial charge in [-0.1, -0.05) is 6.08 Å². The Morgan fingerprint density at radius 3 is 3.10 bits per heavy atom. The molecule has 0 atom stereocenters. The molecule has 1 aliphatic heterocycles. The standard InChI is InChI=1S/C16H20N4O/c1-2-7-18-16(21)20-9-5-12(6-10-20)13-11-19-14-4-3-8-17-15(13)14/h2-4,8,11-12,19H,1,5-7,9-10H2,(H,18,21). The monoisotopic (exact) mass is 284 g/mol. The zero-order chi connectivity index (χ0) is 14.7. The number of nitrogens with one attached hydrogen (secondary N) is 2. The summed E-state index contributed by atoms with van der Waals surface area (Å²) in [6.07, 6.45) is 7.55. The van der Waals surface area contributed by atoms with Crippen LogP contribution < -0.4 is 5.32 Å². The van der Waals surface area contributed by atoms with E-state index in [1.807, 2.05) is 23.2 Å². The number of rotatable bonds is 3. The van der Waals surface area contributed by atoms with Crippen LogP contribution in [0.4, 0.5) is 4.79 Å². The smallest absolute Gasteiger partial charge is 0.317 e. The van der Waals surface area contributed by atoms with Gasteiger partial charge in [-0.3, -0.25) is 4.98 Å². The van der Waals surface area contributed by atoms with E-state index in [4.69, 9.17) is 0 Å². The molecule has 1 fully saturated rings. The van der Waals surface area contributed by atoms with Crippen LogP contribution in [0.3, 0.4) is 0 Å². The Morgan fingerprint density at radius 1 is 1.52 bits per heavy atom. The number of H-pyrrole nitrogens is 1. The Labute approximate surface area is 124 Å². The number of aromatic amines is 1. The lowest BCUT2D eigenvalue weighted by atomic mass is 9.90. The number of aromatic nitrogens is 2. The molecule has 0 saturated carbocycles. The first-order chi connectivity index (χ1) is 10.3. The Kier molecular flexibility index (Phi) is 3.90. The van der Waals surface area contributed by atoms with Gasteiger partial charge < -0.3 is 15.2 Å². The number of carbonyl (C=O) groups is 1. The molecule has 2 N–H and O–H groups in total. The minimum Gasteiger partial charge on any atom is -0.360 e. The SMILES string of the molecule is C=CCNC(=O)N1CCC(c2c[nH]c3cccnc23)CC1. The minimum absolute atomic E-state index is 0.00500. The maximum absolute atomic E-state index is 11.9. The van der Waals surface area contributed by atoms with Crippen molar-refractivity contribution in [2.24, 2.45) is 0 Å². The maximum Gasteiger partial charge on any atom is 0.317 e. The van der Waals surface area contributed by atoms with E-state index in [0.29, 0.717) is 12.5 Å². The van der Waals surface area contributed by atoms with Gasteiger partial charge in [0.25, 0.3) is 0 Å². The first-order valence-electron chi connectivity index (χ1n) is 7.35. The molecule has 0 aliphatic carbocycles. The molecule has 5 heteroatoms. The van der Waals surface area contributed by atoms with Crippen molar-refractivity contribution in [1.29, 1.82) is 0 Å². The Bertz CT molecular complexity index is 641. The van der Waals surface area contributed by atoms with Gasteiger partial charge in [-0.05, 0) is 36.5 Å². The van der Waals surface area contributed by atoms with E-state index in [-0.39, 0.29) is 6.03 Å². The summed E-state index contributed by atoms with van der Waals surface area (Å²) in [5.74, 6) is 0.470. The molecule has 0 spiro atoms. The second-order valence-corrected chi connectivity index (χ2v) is 5.38. The van der Waals surface area contributed by atoms with Crippen LogP contribution in [-0.2, 0) is 0 Å². The zero-order valence-corrected chi connectivity index (χ0v) is 12.0. The Balaban J connectivity index is 1.66. The lowest BCUT2D eigenvalue weighted by Crippen LogP contribution is -2.44. The van der Waals surface area contributed by atoms with Gasteiger partial charge in [0, 0.05) is 32.0 Å². The third-order valence-electron chi connectivity index (χ3n) is 4.08. The van der Waals surface area contributed by atoms with Crippen LogP contribution in [0.2, 0.25) is 0 Å². The van der Waals surface area contributed by atoms with Crippen LogP contribution in [0.25, 0.3) is 11.0 Å². The van der Waals surface area contributed by atoms with E-state index in [9.17, 15) is 4.79 Å². The van der Waals surface area contributed by atoms with Crippen LogP contribution in [-0.4, -0.2) is 40.5 Å². The highest BCUT2D eigenvalue weighted by Crippen LogP contribution is 2.32. The van der Waals surface area contributed by atoms with Crippen molar-refractivity contribution in [2.75, 3.05) is 19.6 Å². The number of hydrogen-bond donors (Lipinski definition) is 2. The number of likely N-dealkylation sites (tertiary alicyclic amines) is 1. The van der Waals surface area contributed by atoms with Gasteiger partial charge in [0.2, 0.25) is 0 Å². The number of pyridine rings is 1. The fourth-order valence-electron chi connectivity index (χ4n) is 2.95. The molecule has 0 unspecified atom stereocenters. The summed E-state index contributed by atoms with van der Waals surface area (Å²) in [6.45, 7) is 5.70. The number of hydrogen-bond acceptors (Lipinski definition) is 2. The maximum atomic E-state index is 11.9. The van der Waals surface area contributed by atoms with Crippen molar-refractivity contribution >= 4 is 17.1 Å². The first-order valence-corrected chi connectivity index (χ1v) is 7.35. The summed E-state index contributed by atoms with van der Waals surface area (Å²) in [4.78, 5) is 21.5. The van der Waals surface area contributed by atoms with Crippen molar-refractivity contribution in [3.8, 4) is 0 Å². The molecule has 1 aliphatic rings. The predicted molar refractivity (Wildman–Crippen MR) is 83.2 cm³/mol. The van der Waals surface area contributed by atoms with Crippen molar-refractivity contribution in [3.63, 3.8) is 0 Å². The molecule has 21 heavy (non-hydrogen) atoms. The fraction of sp³-hybridized carbons (Fsp3) is 0.375. The van der Waals surface area contributed by atoms with E-state index >= 15 is 0 Å². The van der Waals surface area contributed by atoms with Gasteiger partial charge in [0.1, 0.15) is 0 Å². The number of fused-ring (bicyclic) bond motifs is 1. The van der Waals surface area contributed by atoms with E-state index in [1.54, 1.807) is 6.08 Å². The van der Waals surface area contributed by atoms with Crippen LogP contribution in [0.1, 0.15) is 24.3 Å². The summed E-state index contributed by atoms with van der Waals surface area (Å²) in [6, 6.07) is 3.99. The molecule has 2 aromatic heterocycles. The highest BCUT2D eigenvalue weighted by Gasteiger charge is 2.25. The summed E-state index contributed by atoms with van der Waals surface area (Å²) in [7, 11) is 0. The summed E-state index contributed by atoms with van der Waals surface area (Å²) in [5.41, 5.74) is 3.42. The number of nitrogens with zero attached hydrogens (tertiary/aromatic N) is 2. The van der Waals surface area contributed by atoms with Gasteiger partial charge >= 0.3 is 6.03 Å². The highest BCUT2D eigenvalue weighted by molar-refractivity contribution is 5.79. The highest BCUT2D eigenvalue weighted by atomic mass is 16.2. The van der Waals surface area contributed by atoms with Gasteiger partial charge in [-0.25, -0.2) is 4.79 Å². The van der Waals surface area contributed by atoms with E-state index in [1.165, 1.54) is 5.56 Å². The molecule has 2 aromatic rings. The quantitative estimate of drug-likeness (QED) is 0.851. The number of amides is 2. The Hall–Kier alpha value is -2.30. The number of carbonyl (C=O) groups excluding carboxylic acids is 1. The molecule has 1 saturated heterocycles. The van der Waals surface area contributed by atoms with Crippen LogP contribution in [0.15, 0.2) is 37.2 Å². The number of urea groups is 1. The topological polar surface area (TPSA) is 61.0 Å². The summed E-state index contributed by atoms with van der Waals surface area (Å²) >= 11 is 0. The zero-order valence-electron chi connectivity index (χ0n) is 12.0. The van der Waals surface area contributed by atoms with Crippen molar-refractivity contribution in [1.82, 2.24) is 20.2 Å². The van der Waals surface area contributed by atoms with E-state index < -0.39 is 0 Å². The summed E-state index contributed by atoms with van der Waals surface area (Å²) in [5, 5.41) is 2.83. The first kappa shape index (κ1) is 13.7. The van der Waals surface area contributed by atoms with Gasteiger partial charge in [-0.15, -0.1) is 6.58 Å². The average molecular weight is 284 g/mol. The summed E-state index contributed by atoms with van der Waals surface area (Å²) < 4.78 is 0. The van der Waals surface area contributed by atoms with Crippen molar-refractivity contribution < 1.29 is 4.79 Å². The van der Waals surface area contributed by atoms with Crippen LogP contribution in [0, 0.1) is 0 Å². The molecule has 2 amide bonds. The second-order valence-electron chi connectivity index (χ2n) is 5.38. The Morgan fingerprint density at radius 2 is 2.33 bits per heavy atom. The van der Waals surface area contributed by atoms with Crippen LogP contribution in [0.5, 0.6) is 0 Å². The molecule has 0 aromatic carbocycles. The van der Waals surface area contributed by atoms with Gasteiger partial charge in [0.15, 0.2) is 0 Å². The minimum atomic E-state index is 0.00500. The predicted octanol–water partition coefficient (Wildman–Crippen LogP) is 2.64. The van der Waals surface area contributed by atoms with E-state index in [0.717, 1.165) is 37.0 Å². The molecular weight excluding hydrogens is 264 g/mol. The average Bonchev–Trinajstić information content (AvgIpc) is 2.97.